The fraction of sp³-hybridized carbons (Fsp3) is 0.300. The average molecular weight is 394 g/mol. The van der Waals surface area contributed by atoms with Crippen molar-refractivity contribution in [3.8, 4) is 5.75 Å². The van der Waals surface area contributed by atoms with Crippen molar-refractivity contribution in [1.29, 1.82) is 0 Å². The van der Waals surface area contributed by atoms with Crippen LogP contribution in [0.2, 0.25) is 0 Å². The Morgan fingerprint density at radius 3 is 2.18 bits per heavy atom. The number of alkyl halides is 3. The van der Waals surface area contributed by atoms with Gasteiger partial charge in [0.2, 0.25) is 5.91 Å². The molecule has 0 aliphatic carbocycles. The number of amides is 2. The van der Waals surface area contributed by atoms with E-state index in [0.717, 1.165) is 30.0 Å². The average Bonchev–Trinajstić information content (AvgIpc) is 2.68. The van der Waals surface area contributed by atoms with Gasteiger partial charge in [-0.2, -0.15) is 13.2 Å². The van der Waals surface area contributed by atoms with E-state index in [0.29, 0.717) is 19.4 Å². The molecule has 0 saturated heterocycles. The molecule has 2 rings (SSSR count). The quantitative estimate of drug-likeness (QED) is 0.641. The third-order valence-electron chi connectivity index (χ3n) is 3.77. The molecule has 0 aromatic heterocycles. The summed E-state index contributed by atoms with van der Waals surface area (Å²) in [5.74, 6) is 0.0774. The summed E-state index contributed by atoms with van der Waals surface area (Å²) in [6.07, 6.45) is -3.59. The van der Waals surface area contributed by atoms with Crippen molar-refractivity contribution in [3.05, 3.63) is 65.7 Å². The molecule has 0 spiro atoms. The van der Waals surface area contributed by atoms with Crippen molar-refractivity contribution in [2.24, 2.45) is 0 Å². The molecule has 0 bridgehead atoms. The summed E-state index contributed by atoms with van der Waals surface area (Å²) in [6.45, 7) is 0.818. The van der Waals surface area contributed by atoms with E-state index in [1.54, 1.807) is 0 Å². The number of nitrogens with one attached hydrogen (secondary N) is 2. The molecule has 0 aliphatic heterocycles. The summed E-state index contributed by atoms with van der Waals surface area (Å²) in [7, 11) is 0. The molecule has 0 heterocycles. The van der Waals surface area contributed by atoms with Gasteiger partial charge in [-0.3, -0.25) is 9.59 Å². The van der Waals surface area contributed by atoms with Crippen molar-refractivity contribution >= 4 is 11.8 Å². The van der Waals surface area contributed by atoms with Gasteiger partial charge in [0.1, 0.15) is 5.75 Å². The fourth-order valence-corrected chi connectivity index (χ4v) is 2.32. The molecule has 0 unspecified atom stereocenters. The maximum absolute atomic E-state index is 12.5. The molecular formula is C20H21F3N2O3. The molecule has 0 fully saturated rings. The lowest BCUT2D eigenvalue weighted by molar-refractivity contribution is -0.137. The lowest BCUT2D eigenvalue weighted by atomic mass is 10.1. The third-order valence-corrected chi connectivity index (χ3v) is 3.77. The van der Waals surface area contributed by atoms with Crippen LogP contribution in [0.1, 0.15) is 28.8 Å². The number of carbonyl (C=O) groups is 2. The highest BCUT2D eigenvalue weighted by Crippen LogP contribution is 2.29. The van der Waals surface area contributed by atoms with E-state index in [9.17, 15) is 22.8 Å². The van der Waals surface area contributed by atoms with E-state index in [4.69, 9.17) is 4.74 Å². The second-order valence-electron chi connectivity index (χ2n) is 5.95. The zero-order chi connectivity index (χ0) is 20.4. The van der Waals surface area contributed by atoms with Gasteiger partial charge in [-0.05, 0) is 42.8 Å². The highest BCUT2D eigenvalue weighted by molar-refractivity contribution is 5.94. The predicted molar refractivity (Wildman–Crippen MR) is 98.0 cm³/mol. The van der Waals surface area contributed by atoms with Crippen molar-refractivity contribution in [2.75, 3.05) is 19.7 Å². The van der Waals surface area contributed by atoms with Gasteiger partial charge in [-0.1, -0.05) is 18.2 Å². The number of benzene rings is 2. The maximum Gasteiger partial charge on any atom is 0.416 e. The van der Waals surface area contributed by atoms with Crippen molar-refractivity contribution in [2.45, 2.75) is 19.0 Å². The highest BCUT2D eigenvalue weighted by Gasteiger charge is 2.30. The number of rotatable bonds is 9. The molecular weight excluding hydrogens is 373 g/mol. The molecule has 0 atom stereocenters. The van der Waals surface area contributed by atoms with E-state index in [1.165, 1.54) is 0 Å². The Balaban J connectivity index is 1.58. The number of carbonyl (C=O) groups excluding carboxylic acids is 2. The zero-order valence-corrected chi connectivity index (χ0v) is 15.1. The van der Waals surface area contributed by atoms with Gasteiger partial charge in [0.25, 0.3) is 5.91 Å². The number of hydrogen-bond acceptors (Lipinski definition) is 3. The Kier molecular flexibility index (Phi) is 7.86. The van der Waals surface area contributed by atoms with Gasteiger partial charge < -0.3 is 15.4 Å². The van der Waals surface area contributed by atoms with Crippen LogP contribution in [0.25, 0.3) is 0 Å². The van der Waals surface area contributed by atoms with Gasteiger partial charge in [-0.15, -0.1) is 0 Å². The van der Waals surface area contributed by atoms with E-state index in [2.05, 4.69) is 10.6 Å². The Labute approximate surface area is 160 Å². The first-order valence-corrected chi connectivity index (χ1v) is 8.76. The van der Waals surface area contributed by atoms with Gasteiger partial charge >= 0.3 is 6.18 Å². The zero-order valence-electron chi connectivity index (χ0n) is 15.1. The predicted octanol–water partition coefficient (Wildman–Crippen LogP) is 3.41. The first-order valence-electron chi connectivity index (χ1n) is 8.76. The Hall–Kier alpha value is -3.03. The van der Waals surface area contributed by atoms with Gasteiger partial charge in [0, 0.05) is 25.1 Å². The van der Waals surface area contributed by atoms with Crippen LogP contribution in [0.4, 0.5) is 13.2 Å². The third kappa shape index (κ3) is 7.30. The summed E-state index contributed by atoms with van der Waals surface area (Å²) in [4.78, 5) is 23.6. The monoisotopic (exact) mass is 394 g/mol. The first-order chi connectivity index (χ1) is 13.4. The van der Waals surface area contributed by atoms with E-state index in [-0.39, 0.29) is 24.6 Å². The van der Waals surface area contributed by atoms with Crippen LogP contribution >= 0.6 is 0 Å². The summed E-state index contributed by atoms with van der Waals surface area (Å²) in [5, 5.41) is 5.20. The van der Waals surface area contributed by atoms with E-state index >= 15 is 0 Å². The van der Waals surface area contributed by atoms with Crippen LogP contribution < -0.4 is 15.4 Å². The van der Waals surface area contributed by atoms with Crippen LogP contribution in [-0.4, -0.2) is 31.5 Å². The van der Waals surface area contributed by atoms with Crippen LogP contribution in [0.15, 0.2) is 54.6 Å². The molecule has 5 nitrogen and oxygen atoms in total. The van der Waals surface area contributed by atoms with Crippen LogP contribution in [0, 0.1) is 0 Å². The molecule has 2 aromatic carbocycles. The second-order valence-corrected chi connectivity index (χ2v) is 5.95. The maximum atomic E-state index is 12.5. The van der Waals surface area contributed by atoms with Crippen LogP contribution in [-0.2, 0) is 11.0 Å². The smallest absolute Gasteiger partial charge is 0.416 e. The lowest BCUT2D eigenvalue weighted by Gasteiger charge is -2.09. The van der Waals surface area contributed by atoms with Crippen molar-refractivity contribution < 1.29 is 27.5 Å². The minimum atomic E-state index is -4.44. The number of para-hydroxylation sites is 1. The first kappa shape index (κ1) is 21.3. The van der Waals surface area contributed by atoms with Gasteiger partial charge in [0.05, 0.1) is 12.2 Å². The molecule has 0 saturated carbocycles. The number of ether oxygens (including phenoxy) is 1. The molecule has 2 N–H and O–H groups in total. The number of halogens is 3. The largest absolute Gasteiger partial charge is 0.494 e. The fourth-order valence-electron chi connectivity index (χ4n) is 2.32. The van der Waals surface area contributed by atoms with E-state index < -0.39 is 17.6 Å². The SMILES string of the molecule is O=C(CCCOc1ccccc1)NCCNC(=O)c1ccc(C(F)(F)F)cc1. The minimum Gasteiger partial charge on any atom is -0.494 e. The highest BCUT2D eigenvalue weighted by atomic mass is 19.4. The summed E-state index contributed by atoms with van der Waals surface area (Å²) in [6, 6.07) is 13.2. The standard InChI is InChI=1S/C20H21F3N2O3/c21-20(22,23)16-10-8-15(9-11-16)19(27)25-13-12-24-18(26)7-4-14-28-17-5-2-1-3-6-17/h1-3,5-6,8-11H,4,7,12-14H2,(H,24,26)(H,25,27). The topological polar surface area (TPSA) is 67.4 Å². The molecule has 0 aliphatic rings. The molecule has 2 aromatic rings. The Morgan fingerprint density at radius 1 is 0.893 bits per heavy atom. The minimum absolute atomic E-state index is 0.123. The molecule has 2 amide bonds. The molecule has 8 heteroatoms. The van der Waals surface area contributed by atoms with Gasteiger partial charge in [0.15, 0.2) is 0 Å². The molecule has 150 valence electrons. The van der Waals surface area contributed by atoms with Crippen molar-refractivity contribution in [1.82, 2.24) is 10.6 Å². The normalized spacial score (nSPS) is 11.0. The summed E-state index contributed by atoms with van der Waals surface area (Å²) >= 11 is 0. The van der Waals surface area contributed by atoms with E-state index in [1.807, 2.05) is 30.3 Å². The van der Waals surface area contributed by atoms with Crippen LogP contribution in [0.5, 0.6) is 5.75 Å². The molecule has 28 heavy (non-hydrogen) atoms. The summed E-state index contributed by atoms with van der Waals surface area (Å²) in [5.41, 5.74) is -0.690. The van der Waals surface area contributed by atoms with Crippen LogP contribution in [0.3, 0.4) is 0 Å². The van der Waals surface area contributed by atoms with Crippen molar-refractivity contribution in [3.63, 3.8) is 0 Å². The number of hydrogen-bond donors (Lipinski definition) is 2. The van der Waals surface area contributed by atoms with Gasteiger partial charge in [-0.25, -0.2) is 0 Å². The summed E-state index contributed by atoms with van der Waals surface area (Å²) < 4.78 is 43.0. The molecule has 0 radical (unpaired) electrons. The Bertz CT molecular complexity index is 763. The Morgan fingerprint density at radius 2 is 1.54 bits per heavy atom. The lowest BCUT2D eigenvalue weighted by Crippen LogP contribution is -2.34. The second kappa shape index (κ2) is 10.3.